The lowest BCUT2D eigenvalue weighted by atomic mass is 9.92. The van der Waals surface area contributed by atoms with Crippen molar-refractivity contribution in [1.29, 1.82) is 0 Å². The highest BCUT2D eigenvalue weighted by molar-refractivity contribution is 5.83. The first-order valence-corrected chi connectivity index (χ1v) is 8.00. The normalized spacial score (nSPS) is 13.2. The van der Waals surface area contributed by atoms with Crippen LogP contribution in [0.1, 0.15) is 25.8 Å². The van der Waals surface area contributed by atoms with Gasteiger partial charge in [-0.1, -0.05) is 56.8 Å². The largest absolute Gasteiger partial charge is 0.467 e. The first kappa shape index (κ1) is 19.9. The van der Waals surface area contributed by atoms with Gasteiger partial charge < -0.3 is 14.2 Å². The lowest BCUT2D eigenvalue weighted by Gasteiger charge is -2.25. The van der Waals surface area contributed by atoms with Gasteiger partial charge in [0.05, 0.1) is 19.6 Å². The summed E-state index contributed by atoms with van der Waals surface area (Å²) in [4.78, 5) is 24.5. The quantitative estimate of drug-likeness (QED) is 0.486. The van der Waals surface area contributed by atoms with Gasteiger partial charge in [0.1, 0.15) is 6.61 Å². The molecule has 5 heteroatoms. The van der Waals surface area contributed by atoms with Crippen molar-refractivity contribution in [2.45, 2.75) is 33.0 Å². The van der Waals surface area contributed by atoms with Crippen LogP contribution in [0.2, 0.25) is 0 Å². The molecule has 0 aromatic heterocycles. The number of ether oxygens (including phenoxy) is 3. The van der Waals surface area contributed by atoms with E-state index >= 15 is 0 Å². The molecule has 0 radical (unpaired) electrons. The Kier molecular flexibility index (Phi) is 8.79. The monoisotopic (exact) mass is 334 g/mol. The van der Waals surface area contributed by atoms with Gasteiger partial charge in [-0.05, 0) is 17.9 Å². The molecule has 0 saturated carbocycles. The number of benzene rings is 1. The van der Waals surface area contributed by atoms with Crippen molar-refractivity contribution in [2.75, 3.05) is 13.7 Å². The topological polar surface area (TPSA) is 61.8 Å². The van der Waals surface area contributed by atoms with Crippen molar-refractivity contribution < 1.29 is 23.8 Å². The van der Waals surface area contributed by atoms with Gasteiger partial charge in [0.15, 0.2) is 6.10 Å². The molecule has 132 valence electrons. The molecule has 0 unspecified atom stereocenters. The summed E-state index contributed by atoms with van der Waals surface area (Å²) in [7, 11) is 1.28. The minimum Gasteiger partial charge on any atom is -0.467 e. The number of methoxy groups -OCH3 is 1. The highest BCUT2D eigenvalue weighted by Crippen LogP contribution is 2.22. The molecule has 2 atom stereocenters. The van der Waals surface area contributed by atoms with Gasteiger partial charge in [0.2, 0.25) is 0 Å². The Hall–Kier alpha value is -2.14. The third-order valence-electron chi connectivity index (χ3n) is 3.44. The highest BCUT2D eigenvalue weighted by Gasteiger charge is 2.37. The summed E-state index contributed by atoms with van der Waals surface area (Å²) >= 11 is 0. The molecule has 0 fully saturated rings. The molecule has 0 amide bonds. The van der Waals surface area contributed by atoms with Gasteiger partial charge in [-0.3, -0.25) is 4.79 Å². The zero-order valence-corrected chi connectivity index (χ0v) is 14.6. The molecule has 0 aliphatic rings. The molecule has 1 aromatic carbocycles. The maximum absolute atomic E-state index is 12.4. The van der Waals surface area contributed by atoms with Gasteiger partial charge in [-0.15, -0.1) is 0 Å². The smallest absolute Gasteiger partial charge is 0.335 e. The van der Waals surface area contributed by atoms with Gasteiger partial charge in [0, 0.05) is 0 Å². The third-order valence-corrected chi connectivity index (χ3v) is 3.44. The summed E-state index contributed by atoms with van der Waals surface area (Å²) in [5, 5.41) is 0. The average Bonchev–Trinajstić information content (AvgIpc) is 2.59. The van der Waals surface area contributed by atoms with Crippen LogP contribution in [-0.2, 0) is 30.4 Å². The van der Waals surface area contributed by atoms with E-state index in [0.29, 0.717) is 6.42 Å². The van der Waals surface area contributed by atoms with E-state index in [1.807, 2.05) is 44.2 Å². The first-order valence-electron chi connectivity index (χ1n) is 8.00. The fourth-order valence-electron chi connectivity index (χ4n) is 2.32. The molecule has 24 heavy (non-hydrogen) atoms. The van der Waals surface area contributed by atoms with Crippen LogP contribution in [0, 0.1) is 11.8 Å². The summed E-state index contributed by atoms with van der Waals surface area (Å²) in [6, 6.07) is 9.45. The van der Waals surface area contributed by atoms with E-state index in [0.717, 1.165) is 5.56 Å². The van der Waals surface area contributed by atoms with Crippen LogP contribution in [0.15, 0.2) is 43.0 Å². The maximum Gasteiger partial charge on any atom is 0.335 e. The molecule has 0 saturated heterocycles. The predicted octanol–water partition coefficient (Wildman–Crippen LogP) is 3.14. The number of hydrogen-bond donors (Lipinski definition) is 0. The van der Waals surface area contributed by atoms with Crippen LogP contribution in [-0.4, -0.2) is 31.8 Å². The van der Waals surface area contributed by atoms with Crippen LogP contribution < -0.4 is 0 Å². The molecule has 5 nitrogen and oxygen atoms in total. The molecule has 0 heterocycles. The second-order valence-electron chi connectivity index (χ2n) is 5.90. The van der Waals surface area contributed by atoms with Crippen molar-refractivity contribution >= 4 is 11.9 Å². The molecule has 0 spiro atoms. The van der Waals surface area contributed by atoms with Crippen LogP contribution in [0.25, 0.3) is 0 Å². The minimum atomic E-state index is -1.00. The Morgan fingerprint density at radius 1 is 1.17 bits per heavy atom. The van der Waals surface area contributed by atoms with Crippen LogP contribution in [0.5, 0.6) is 0 Å². The standard InChI is InChI=1S/C19H26O5/c1-5-11-23-18(20)16(12-14(2)3)17(19(21)22-4)24-13-15-9-7-6-8-10-15/h5-10,14,16-17H,1,11-13H2,2-4H3/t16-,17+/m1/s1. The van der Waals surface area contributed by atoms with Crippen LogP contribution in [0.3, 0.4) is 0 Å². The van der Waals surface area contributed by atoms with Crippen LogP contribution >= 0.6 is 0 Å². The SMILES string of the molecule is C=CCOC(=O)[C@H](CC(C)C)[C@H](OCc1ccccc1)C(=O)OC. The Balaban J connectivity index is 2.91. The first-order chi connectivity index (χ1) is 11.5. The van der Waals surface area contributed by atoms with Crippen molar-refractivity contribution in [2.24, 2.45) is 11.8 Å². The molecule has 0 bridgehead atoms. The Morgan fingerprint density at radius 2 is 1.83 bits per heavy atom. The van der Waals surface area contributed by atoms with E-state index in [9.17, 15) is 9.59 Å². The molecular weight excluding hydrogens is 308 g/mol. The molecular formula is C19H26O5. The number of rotatable bonds is 10. The average molecular weight is 334 g/mol. The minimum absolute atomic E-state index is 0.0972. The van der Waals surface area contributed by atoms with E-state index in [1.54, 1.807) is 0 Å². The van der Waals surface area contributed by atoms with E-state index < -0.39 is 24.0 Å². The Bertz CT molecular complexity index is 524. The molecule has 1 aromatic rings. The van der Waals surface area contributed by atoms with E-state index in [2.05, 4.69) is 6.58 Å². The zero-order valence-electron chi connectivity index (χ0n) is 14.6. The summed E-state index contributed by atoms with van der Waals surface area (Å²) in [5.41, 5.74) is 0.911. The molecule has 0 aliphatic heterocycles. The number of esters is 2. The van der Waals surface area contributed by atoms with Gasteiger partial charge >= 0.3 is 11.9 Å². The second-order valence-corrected chi connectivity index (χ2v) is 5.90. The summed E-state index contributed by atoms with van der Waals surface area (Å²) in [5.74, 6) is -1.58. The van der Waals surface area contributed by atoms with Gasteiger partial charge in [0.25, 0.3) is 0 Å². The zero-order chi connectivity index (χ0) is 17.9. The van der Waals surface area contributed by atoms with Gasteiger partial charge in [-0.25, -0.2) is 4.79 Å². The number of carbonyl (C=O) groups is 2. The summed E-state index contributed by atoms with van der Waals surface area (Å²) in [6.45, 7) is 7.78. The van der Waals surface area contributed by atoms with E-state index in [4.69, 9.17) is 14.2 Å². The number of carbonyl (C=O) groups excluding carboxylic acids is 2. The third kappa shape index (κ3) is 6.54. The predicted molar refractivity (Wildman–Crippen MR) is 91.1 cm³/mol. The number of hydrogen-bond acceptors (Lipinski definition) is 5. The van der Waals surface area contributed by atoms with Crippen molar-refractivity contribution in [3.05, 3.63) is 48.6 Å². The fraction of sp³-hybridized carbons (Fsp3) is 0.474. The Morgan fingerprint density at radius 3 is 2.38 bits per heavy atom. The molecule has 0 N–H and O–H groups in total. The maximum atomic E-state index is 12.4. The van der Waals surface area contributed by atoms with Gasteiger partial charge in [-0.2, -0.15) is 0 Å². The lowest BCUT2D eigenvalue weighted by molar-refractivity contribution is -0.170. The highest BCUT2D eigenvalue weighted by atomic mass is 16.6. The lowest BCUT2D eigenvalue weighted by Crippen LogP contribution is -2.39. The van der Waals surface area contributed by atoms with Crippen molar-refractivity contribution in [3.63, 3.8) is 0 Å². The fourth-order valence-corrected chi connectivity index (χ4v) is 2.32. The van der Waals surface area contributed by atoms with E-state index in [-0.39, 0.29) is 19.1 Å². The Labute approximate surface area is 143 Å². The second kappa shape index (κ2) is 10.6. The molecule has 1 rings (SSSR count). The van der Waals surface area contributed by atoms with E-state index in [1.165, 1.54) is 13.2 Å². The molecule has 0 aliphatic carbocycles. The van der Waals surface area contributed by atoms with Crippen LogP contribution in [0.4, 0.5) is 0 Å². The van der Waals surface area contributed by atoms with Crippen molar-refractivity contribution in [1.82, 2.24) is 0 Å². The van der Waals surface area contributed by atoms with Crippen molar-refractivity contribution in [3.8, 4) is 0 Å². The summed E-state index contributed by atoms with van der Waals surface area (Å²) in [6.07, 6.45) is 0.947. The summed E-state index contributed by atoms with van der Waals surface area (Å²) < 4.78 is 15.7.